The number of aliphatic carboxylic acids is 1. The Kier molecular flexibility index (Phi) is 6.68. The maximum atomic E-state index is 11.6. The van der Waals surface area contributed by atoms with Crippen molar-refractivity contribution < 1.29 is 14.7 Å². The van der Waals surface area contributed by atoms with E-state index in [9.17, 15) is 9.59 Å². The van der Waals surface area contributed by atoms with Gasteiger partial charge in [0.1, 0.15) is 6.04 Å². The van der Waals surface area contributed by atoms with Gasteiger partial charge in [-0.05, 0) is 12.8 Å². The highest BCUT2D eigenvalue weighted by Gasteiger charge is 2.20. The molecule has 7 heteroatoms. The average molecular weight is 278 g/mol. The Bertz CT molecular complexity index is 464. The molecule has 0 aliphatic heterocycles. The number of amides is 2. The number of hydrogen-bond acceptors (Lipinski definition) is 3. The van der Waals surface area contributed by atoms with Gasteiger partial charge in [0.05, 0.1) is 6.33 Å². The number of aromatic amines is 1. The van der Waals surface area contributed by atoms with Crippen molar-refractivity contribution in [2.75, 3.05) is 6.54 Å². The Morgan fingerprint density at radius 1 is 1.50 bits per heavy atom. The molecule has 0 aromatic carbocycles. The van der Waals surface area contributed by atoms with Crippen molar-refractivity contribution in [1.82, 2.24) is 20.6 Å². The first-order valence-electron chi connectivity index (χ1n) is 6.31. The Hall–Kier alpha value is -2.49. The molecule has 108 valence electrons. The van der Waals surface area contributed by atoms with E-state index in [4.69, 9.17) is 11.5 Å². The van der Waals surface area contributed by atoms with Gasteiger partial charge in [-0.3, -0.25) is 0 Å². The van der Waals surface area contributed by atoms with Gasteiger partial charge in [0.15, 0.2) is 0 Å². The topological polar surface area (TPSA) is 107 Å². The van der Waals surface area contributed by atoms with Crippen LogP contribution in [-0.2, 0) is 11.2 Å². The normalized spacial score (nSPS) is 11.3. The van der Waals surface area contributed by atoms with E-state index in [0.717, 1.165) is 12.8 Å². The number of hydrogen-bond donors (Lipinski definition) is 4. The monoisotopic (exact) mass is 278 g/mol. The molecule has 1 atom stereocenters. The number of aromatic nitrogens is 2. The van der Waals surface area contributed by atoms with Gasteiger partial charge >= 0.3 is 12.0 Å². The van der Waals surface area contributed by atoms with E-state index in [1.165, 1.54) is 12.5 Å². The number of carboxylic acids is 1. The number of carbonyl (C=O) groups excluding carboxylic acids is 1. The zero-order valence-electron chi connectivity index (χ0n) is 11.1. The molecule has 0 bridgehead atoms. The largest absolute Gasteiger partial charge is 0.480 e. The van der Waals surface area contributed by atoms with Gasteiger partial charge in [-0.2, -0.15) is 0 Å². The van der Waals surface area contributed by atoms with E-state index in [1.54, 1.807) is 0 Å². The maximum absolute atomic E-state index is 11.6. The molecule has 1 aromatic heterocycles. The summed E-state index contributed by atoms with van der Waals surface area (Å²) in [5, 5.41) is 14.1. The molecular formula is C13H18N4O3. The first-order valence-corrected chi connectivity index (χ1v) is 6.31. The van der Waals surface area contributed by atoms with Crippen LogP contribution < -0.4 is 10.6 Å². The number of carbonyl (C=O) groups is 2. The second kappa shape index (κ2) is 8.58. The lowest BCUT2D eigenvalue weighted by atomic mass is 10.2. The molecule has 0 radical (unpaired) electrons. The van der Waals surface area contributed by atoms with Crippen molar-refractivity contribution in [3.8, 4) is 12.3 Å². The van der Waals surface area contributed by atoms with Crippen molar-refractivity contribution >= 4 is 12.0 Å². The van der Waals surface area contributed by atoms with E-state index in [-0.39, 0.29) is 6.42 Å². The van der Waals surface area contributed by atoms with Crippen LogP contribution in [0.2, 0.25) is 0 Å². The van der Waals surface area contributed by atoms with Gasteiger partial charge < -0.3 is 20.7 Å². The molecule has 0 saturated heterocycles. The fourth-order valence-corrected chi connectivity index (χ4v) is 1.58. The van der Waals surface area contributed by atoms with Gasteiger partial charge in [-0.1, -0.05) is 0 Å². The standard InChI is InChI=1S/C13H18N4O3/c1-2-3-4-5-6-15-13(20)17-11(12(18)19)7-10-8-14-9-16-10/h1,8-9,11H,3-7H2,(H,14,16)(H,18,19)(H2,15,17,20). The first-order chi connectivity index (χ1) is 9.63. The summed E-state index contributed by atoms with van der Waals surface area (Å²) in [7, 11) is 0. The molecule has 0 fully saturated rings. The van der Waals surface area contributed by atoms with Crippen LogP contribution in [0.3, 0.4) is 0 Å². The third-order valence-corrected chi connectivity index (χ3v) is 2.62. The van der Waals surface area contributed by atoms with Crippen LogP contribution in [0.1, 0.15) is 25.0 Å². The first kappa shape index (κ1) is 15.6. The molecule has 0 saturated carbocycles. The van der Waals surface area contributed by atoms with Crippen LogP contribution in [0.5, 0.6) is 0 Å². The highest BCUT2D eigenvalue weighted by molar-refractivity contribution is 5.82. The summed E-state index contributed by atoms with van der Waals surface area (Å²) in [5.41, 5.74) is 0.645. The van der Waals surface area contributed by atoms with Crippen LogP contribution in [0, 0.1) is 12.3 Å². The fraction of sp³-hybridized carbons (Fsp3) is 0.462. The quantitative estimate of drug-likeness (QED) is 0.410. The molecule has 2 amide bonds. The van der Waals surface area contributed by atoms with Crippen molar-refractivity contribution in [2.24, 2.45) is 0 Å². The van der Waals surface area contributed by atoms with Crippen LogP contribution in [0.15, 0.2) is 12.5 Å². The van der Waals surface area contributed by atoms with Crippen molar-refractivity contribution in [3.63, 3.8) is 0 Å². The Balaban J connectivity index is 2.32. The summed E-state index contributed by atoms with van der Waals surface area (Å²) in [6.07, 6.45) is 10.5. The molecule has 0 aliphatic carbocycles. The number of carboxylic acid groups (broad SMARTS) is 1. The van der Waals surface area contributed by atoms with Crippen LogP contribution in [0.4, 0.5) is 4.79 Å². The molecule has 1 heterocycles. The number of imidazole rings is 1. The molecule has 0 aliphatic rings. The minimum Gasteiger partial charge on any atom is -0.480 e. The van der Waals surface area contributed by atoms with Gasteiger partial charge in [-0.25, -0.2) is 14.6 Å². The Labute approximate surface area is 117 Å². The molecule has 1 unspecified atom stereocenters. The lowest BCUT2D eigenvalue weighted by Crippen LogP contribution is -2.47. The zero-order chi connectivity index (χ0) is 14.8. The molecule has 1 aromatic rings. The minimum absolute atomic E-state index is 0.153. The number of unbranched alkanes of at least 4 members (excludes halogenated alkanes) is 2. The highest BCUT2D eigenvalue weighted by Crippen LogP contribution is 1.99. The third-order valence-electron chi connectivity index (χ3n) is 2.62. The van der Waals surface area contributed by atoms with Gasteiger partial charge in [0.2, 0.25) is 0 Å². The summed E-state index contributed by atoms with van der Waals surface area (Å²) in [6, 6.07) is -1.50. The number of nitrogens with one attached hydrogen (secondary N) is 3. The number of nitrogens with zero attached hydrogens (tertiary/aromatic N) is 1. The van der Waals surface area contributed by atoms with Gasteiger partial charge in [0.25, 0.3) is 0 Å². The van der Waals surface area contributed by atoms with Crippen LogP contribution in [-0.4, -0.2) is 39.7 Å². The van der Waals surface area contributed by atoms with E-state index >= 15 is 0 Å². The average Bonchev–Trinajstić information content (AvgIpc) is 2.90. The predicted octanol–water partition coefficient (Wildman–Crippen LogP) is 0.508. The number of rotatable bonds is 8. The number of urea groups is 1. The summed E-state index contributed by atoms with van der Waals surface area (Å²) in [6.45, 7) is 0.462. The molecule has 4 N–H and O–H groups in total. The SMILES string of the molecule is C#CCCCCNC(=O)NC(Cc1cnc[nH]1)C(=O)O. The molecule has 1 rings (SSSR count). The lowest BCUT2D eigenvalue weighted by molar-refractivity contribution is -0.139. The van der Waals surface area contributed by atoms with E-state index < -0.39 is 18.0 Å². The highest BCUT2D eigenvalue weighted by atomic mass is 16.4. The third kappa shape index (κ3) is 5.91. The lowest BCUT2D eigenvalue weighted by Gasteiger charge is -2.14. The predicted molar refractivity (Wildman–Crippen MR) is 72.9 cm³/mol. The summed E-state index contributed by atoms with van der Waals surface area (Å²) in [4.78, 5) is 29.2. The molecule has 20 heavy (non-hydrogen) atoms. The van der Waals surface area contributed by atoms with E-state index in [2.05, 4.69) is 26.5 Å². The summed E-state index contributed by atoms with van der Waals surface area (Å²) < 4.78 is 0. The second-order valence-electron chi connectivity index (χ2n) is 4.23. The van der Waals surface area contributed by atoms with Crippen LogP contribution >= 0.6 is 0 Å². The smallest absolute Gasteiger partial charge is 0.326 e. The Morgan fingerprint density at radius 2 is 2.30 bits per heavy atom. The minimum atomic E-state index is -1.10. The molecular weight excluding hydrogens is 260 g/mol. The summed E-state index contributed by atoms with van der Waals surface area (Å²) in [5.74, 6) is 1.42. The maximum Gasteiger partial charge on any atom is 0.326 e. The molecule has 7 nitrogen and oxygen atoms in total. The van der Waals surface area contributed by atoms with Gasteiger partial charge in [0, 0.05) is 31.3 Å². The van der Waals surface area contributed by atoms with Crippen molar-refractivity contribution in [3.05, 3.63) is 18.2 Å². The number of terminal acetylenes is 1. The van der Waals surface area contributed by atoms with Crippen molar-refractivity contribution in [1.29, 1.82) is 0 Å². The summed E-state index contributed by atoms with van der Waals surface area (Å²) >= 11 is 0. The molecule has 0 spiro atoms. The zero-order valence-corrected chi connectivity index (χ0v) is 11.1. The van der Waals surface area contributed by atoms with E-state index in [0.29, 0.717) is 18.7 Å². The fourth-order valence-electron chi connectivity index (χ4n) is 1.58. The number of H-pyrrole nitrogens is 1. The Morgan fingerprint density at radius 3 is 2.90 bits per heavy atom. The van der Waals surface area contributed by atoms with Crippen molar-refractivity contribution in [2.45, 2.75) is 31.7 Å². The van der Waals surface area contributed by atoms with Gasteiger partial charge in [-0.15, -0.1) is 12.3 Å². The van der Waals surface area contributed by atoms with E-state index in [1.807, 2.05) is 0 Å². The second-order valence-corrected chi connectivity index (χ2v) is 4.23. The van der Waals surface area contributed by atoms with Crippen LogP contribution in [0.25, 0.3) is 0 Å².